The molecule has 0 bridgehead atoms. The van der Waals surface area contributed by atoms with Gasteiger partial charge in [-0.2, -0.15) is 0 Å². The molecule has 90 valence electrons. The highest BCUT2D eigenvalue weighted by Crippen LogP contribution is 2.32. The summed E-state index contributed by atoms with van der Waals surface area (Å²) in [6, 6.07) is 4.90. The van der Waals surface area contributed by atoms with Gasteiger partial charge in [-0.25, -0.2) is 0 Å². The van der Waals surface area contributed by atoms with Gasteiger partial charge in [0.2, 0.25) is 0 Å². The Hall–Kier alpha value is 0.1000. The summed E-state index contributed by atoms with van der Waals surface area (Å²) in [6.07, 6.45) is 2.59. The number of nitrogens with zero attached hydrogens (tertiary/aromatic N) is 1. The number of piperidine rings is 1. The molecule has 0 saturated carbocycles. The van der Waals surface area contributed by atoms with Gasteiger partial charge in [-0.15, -0.1) is 11.3 Å². The van der Waals surface area contributed by atoms with Gasteiger partial charge < -0.3 is 5.73 Å². The van der Waals surface area contributed by atoms with Crippen LogP contribution < -0.4 is 5.73 Å². The molecule has 1 aromatic heterocycles. The minimum Gasteiger partial charge on any atom is -0.330 e. The number of hydrogen-bond donors (Lipinski definition) is 1. The summed E-state index contributed by atoms with van der Waals surface area (Å²) < 4.78 is 1.22. The lowest BCUT2D eigenvalue weighted by Gasteiger charge is -2.36. The summed E-state index contributed by atoms with van der Waals surface area (Å²) in [7, 11) is 0. The molecular weight excluding hydrogens is 284 g/mol. The quantitative estimate of drug-likeness (QED) is 0.929. The lowest BCUT2D eigenvalue weighted by Crippen LogP contribution is -2.39. The molecule has 0 radical (unpaired) electrons. The molecule has 0 spiro atoms. The Balaban J connectivity index is 2.01. The topological polar surface area (TPSA) is 29.3 Å². The van der Waals surface area contributed by atoms with E-state index in [4.69, 9.17) is 5.73 Å². The van der Waals surface area contributed by atoms with Crippen molar-refractivity contribution >= 4 is 27.3 Å². The van der Waals surface area contributed by atoms with Gasteiger partial charge in [-0.05, 0) is 66.8 Å². The van der Waals surface area contributed by atoms with Crippen molar-refractivity contribution in [2.45, 2.75) is 25.8 Å². The van der Waals surface area contributed by atoms with Crippen LogP contribution in [0.4, 0.5) is 0 Å². The second-order valence-electron chi connectivity index (χ2n) is 4.56. The third-order valence-corrected chi connectivity index (χ3v) is 5.23. The highest BCUT2D eigenvalue weighted by Gasteiger charge is 2.24. The van der Waals surface area contributed by atoms with Crippen LogP contribution in [0.25, 0.3) is 0 Å². The number of thiophene rings is 1. The minimum absolute atomic E-state index is 0.533. The summed E-state index contributed by atoms with van der Waals surface area (Å²) in [5.41, 5.74) is 5.78. The molecule has 0 aliphatic carbocycles. The maximum atomic E-state index is 5.78. The Morgan fingerprint density at radius 2 is 2.44 bits per heavy atom. The van der Waals surface area contributed by atoms with E-state index < -0.39 is 0 Å². The summed E-state index contributed by atoms with van der Waals surface area (Å²) in [5.74, 6) is 0.694. The normalized spacial score (nSPS) is 24.6. The van der Waals surface area contributed by atoms with Crippen LogP contribution in [-0.2, 0) is 0 Å². The highest BCUT2D eigenvalue weighted by atomic mass is 79.9. The van der Waals surface area contributed by atoms with Crippen LogP contribution in [0.2, 0.25) is 0 Å². The van der Waals surface area contributed by atoms with Crippen LogP contribution in [0.5, 0.6) is 0 Å². The van der Waals surface area contributed by atoms with Crippen LogP contribution in [0.1, 0.15) is 30.7 Å². The number of likely N-dealkylation sites (tertiary alicyclic amines) is 1. The van der Waals surface area contributed by atoms with E-state index >= 15 is 0 Å². The molecule has 2 heterocycles. The van der Waals surface area contributed by atoms with E-state index in [1.807, 2.05) is 11.3 Å². The largest absolute Gasteiger partial charge is 0.330 e. The molecule has 16 heavy (non-hydrogen) atoms. The first-order valence-electron chi connectivity index (χ1n) is 5.90. The Bertz CT molecular complexity index is 340. The van der Waals surface area contributed by atoms with E-state index in [0.717, 1.165) is 13.1 Å². The van der Waals surface area contributed by atoms with Crippen molar-refractivity contribution in [3.63, 3.8) is 0 Å². The fraction of sp³-hybridized carbons (Fsp3) is 0.667. The van der Waals surface area contributed by atoms with Gasteiger partial charge in [0, 0.05) is 17.5 Å². The predicted molar refractivity (Wildman–Crippen MR) is 73.8 cm³/mol. The van der Waals surface area contributed by atoms with Crippen LogP contribution >= 0.6 is 27.3 Å². The molecule has 1 aliphatic heterocycles. The predicted octanol–water partition coefficient (Wildman–Crippen LogP) is 3.24. The van der Waals surface area contributed by atoms with Gasteiger partial charge >= 0.3 is 0 Å². The molecule has 0 amide bonds. The summed E-state index contributed by atoms with van der Waals surface area (Å²) in [5, 5.41) is 0. The maximum absolute atomic E-state index is 5.78. The lowest BCUT2D eigenvalue weighted by atomic mass is 9.97. The first-order valence-corrected chi connectivity index (χ1v) is 7.51. The number of rotatable bonds is 3. The number of halogens is 1. The van der Waals surface area contributed by atoms with E-state index in [0.29, 0.717) is 12.0 Å². The van der Waals surface area contributed by atoms with Crippen LogP contribution in [0.15, 0.2) is 15.9 Å². The van der Waals surface area contributed by atoms with Crippen LogP contribution in [0.3, 0.4) is 0 Å². The number of nitrogens with two attached hydrogens (primary N) is 1. The van der Waals surface area contributed by atoms with E-state index in [-0.39, 0.29) is 0 Å². The summed E-state index contributed by atoms with van der Waals surface area (Å²) >= 11 is 5.37. The van der Waals surface area contributed by atoms with E-state index in [1.54, 1.807) is 0 Å². The molecule has 0 aromatic carbocycles. The SMILES string of the molecule is CC(c1ccc(Br)s1)N1CCCC(CN)C1. The third kappa shape index (κ3) is 2.86. The molecule has 2 unspecified atom stereocenters. The van der Waals surface area contributed by atoms with Gasteiger partial charge in [-0.1, -0.05) is 0 Å². The maximum Gasteiger partial charge on any atom is 0.0701 e. The summed E-state index contributed by atoms with van der Waals surface area (Å²) in [6.45, 7) is 5.51. The lowest BCUT2D eigenvalue weighted by molar-refractivity contribution is 0.136. The van der Waals surface area contributed by atoms with Crippen molar-refractivity contribution < 1.29 is 0 Å². The first kappa shape index (κ1) is 12.6. The fourth-order valence-electron chi connectivity index (χ4n) is 2.37. The fourth-order valence-corrected chi connectivity index (χ4v) is 3.88. The number of hydrogen-bond acceptors (Lipinski definition) is 3. The Kier molecular flexibility index (Phi) is 4.41. The van der Waals surface area contributed by atoms with Crippen molar-refractivity contribution in [1.82, 2.24) is 4.90 Å². The molecule has 4 heteroatoms. The van der Waals surface area contributed by atoms with Gasteiger partial charge in [0.15, 0.2) is 0 Å². The van der Waals surface area contributed by atoms with E-state index in [2.05, 4.69) is 39.9 Å². The van der Waals surface area contributed by atoms with Crippen molar-refractivity contribution in [2.75, 3.05) is 19.6 Å². The molecule has 2 rings (SSSR count). The molecule has 1 fully saturated rings. The molecule has 1 aromatic rings. The Morgan fingerprint density at radius 1 is 1.62 bits per heavy atom. The highest BCUT2D eigenvalue weighted by molar-refractivity contribution is 9.11. The molecule has 2 N–H and O–H groups in total. The third-order valence-electron chi connectivity index (χ3n) is 3.44. The zero-order valence-electron chi connectivity index (χ0n) is 9.66. The molecule has 1 aliphatic rings. The van der Waals surface area contributed by atoms with Crippen molar-refractivity contribution in [1.29, 1.82) is 0 Å². The molecular formula is C12H19BrN2S. The van der Waals surface area contributed by atoms with Crippen molar-refractivity contribution in [3.05, 3.63) is 20.8 Å². The zero-order valence-corrected chi connectivity index (χ0v) is 12.1. The average Bonchev–Trinajstić information content (AvgIpc) is 2.75. The van der Waals surface area contributed by atoms with Crippen LogP contribution in [-0.4, -0.2) is 24.5 Å². The van der Waals surface area contributed by atoms with Gasteiger partial charge in [-0.3, -0.25) is 4.90 Å². The van der Waals surface area contributed by atoms with Gasteiger partial charge in [0.05, 0.1) is 3.79 Å². The standard InChI is InChI=1S/C12H19BrN2S/c1-9(11-4-5-12(13)16-11)15-6-2-3-10(7-14)8-15/h4-5,9-10H,2-3,6-8,14H2,1H3. The second kappa shape index (κ2) is 5.63. The van der Waals surface area contributed by atoms with Gasteiger partial charge in [0.1, 0.15) is 0 Å². The van der Waals surface area contributed by atoms with Crippen molar-refractivity contribution in [3.8, 4) is 0 Å². The first-order chi connectivity index (χ1) is 7.70. The van der Waals surface area contributed by atoms with Crippen LogP contribution in [0, 0.1) is 5.92 Å². The summed E-state index contributed by atoms with van der Waals surface area (Å²) in [4.78, 5) is 4.02. The molecule has 2 nitrogen and oxygen atoms in total. The minimum atomic E-state index is 0.533. The Labute approximate surface area is 110 Å². The molecule has 2 atom stereocenters. The van der Waals surface area contributed by atoms with E-state index in [9.17, 15) is 0 Å². The Morgan fingerprint density at radius 3 is 3.06 bits per heavy atom. The smallest absolute Gasteiger partial charge is 0.0701 e. The monoisotopic (exact) mass is 302 g/mol. The van der Waals surface area contributed by atoms with Crippen molar-refractivity contribution in [2.24, 2.45) is 11.7 Å². The van der Waals surface area contributed by atoms with Gasteiger partial charge in [0.25, 0.3) is 0 Å². The average molecular weight is 303 g/mol. The van der Waals surface area contributed by atoms with E-state index in [1.165, 1.54) is 28.0 Å². The second-order valence-corrected chi connectivity index (χ2v) is 7.05. The molecule has 1 saturated heterocycles. The zero-order chi connectivity index (χ0) is 11.5.